The maximum absolute atomic E-state index is 6.68. The molecule has 4 nitrogen and oxygen atoms in total. The number of rotatable bonds is 7. The van der Waals surface area contributed by atoms with E-state index in [0.717, 1.165) is 60.9 Å². The van der Waals surface area contributed by atoms with Crippen molar-refractivity contribution >= 4 is 21.9 Å². The summed E-state index contributed by atoms with van der Waals surface area (Å²) in [5.74, 6) is 1.91. The van der Waals surface area contributed by atoms with Crippen LogP contribution in [0.5, 0.6) is 0 Å². The molecule has 0 spiro atoms. The molecule has 9 aromatic carbocycles. The van der Waals surface area contributed by atoms with Crippen LogP contribution in [0.2, 0.25) is 0 Å². The highest BCUT2D eigenvalue weighted by Gasteiger charge is 2.35. The van der Waals surface area contributed by atoms with Crippen LogP contribution in [0.1, 0.15) is 25.0 Å². The molecule has 11 aromatic rings. The Kier molecular flexibility index (Phi) is 8.80. The van der Waals surface area contributed by atoms with Gasteiger partial charge in [0.1, 0.15) is 11.2 Å². The van der Waals surface area contributed by atoms with Crippen molar-refractivity contribution in [1.29, 1.82) is 0 Å². The Morgan fingerprint density at radius 3 is 1.50 bits per heavy atom. The largest absolute Gasteiger partial charge is 0.456 e. The highest BCUT2D eigenvalue weighted by atomic mass is 16.3. The molecule has 0 unspecified atom stereocenters. The van der Waals surface area contributed by atoms with Gasteiger partial charge in [0, 0.05) is 32.9 Å². The Hall–Kier alpha value is -8.21. The molecule has 0 atom stereocenters. The zero-order valence-corrected chi connectivity index (χ0v) is 35.5. The van der Waals surface area contributed by atoms with Crippen LogP contribution in [0.25, 0.3) is 112 Å². The van der Waals surface area contributed by atoms with Crippen LogP contribution in [0.3, 0.4) is 0 Å². The number of benzene rings is 9. The molecule has 1 aliphatic carbocycles. The summed E-state index contributed by atoms with van der Waals surface area (Å²) in [4.78, 5) is 15.4. The Labute approximate surface area is 372 Å². The Bertz CT molecular complexity index is 3510. The lowest BCUT2D eigenvalue weighted by atomic mass is 9.82. The van der Waals surface area contributed by atoms with Crippen molar-refractivity contribution in [2.24, 2.45) is 0 Å². The molecule has 4 heteroatoms. The minimum atomic E-state index is -0.143. The average Bonchev–Trinajstić information content (AvgIpc) is 3.85. The normalized spacial score (nSPS) is 12.7. The third kappa shape index (κ3) is 6.42. The summed E-state index contributed by atoms with van der Waals surface area (Å²) in [6, 6.07) is 75.0. The van der Waals surface area contributed by atoms with E-state index in [1.807, 2.05) is 18.2 Å². The molecule has 1 aliphatic rings. The maximum Gasteiger partial charge on any atom is 0.164 e. The molecule has 0 fully saturated rings. The summed E-state index contributed by atoms with van der Waals surface area (Å²) in [6.07, 6.45) is 0. The number of aromatic nitrogens is 3. The second-order valence-corrected chi connectivity index (χ2v) is 17.2. The first-order chi connectivity index (χ1) is 31.4. The predicted octanol–water partition coefficient (Wildman–Crippen LogP) is 15.7. The SMILES string of the molecule is CC1(C)c2ccccc2-c2ccc(-c3nc(-c4ccccc4)nc(-c4cccc(-c5ccc6c(c5)oc5cccc(-c7cc(-c8ccccc8)cc(-c8ccccc8)c7)c56)c4)n3)cc21. The molecule has 0 amide bonds. The molecule has 2 heterocycles. The van der Waals surface area contributed by atoms with Gasteiger partial charge in [0.05, 0.1) is 0 Å². The van der Waals surface area contributed by atoms with Gasteiger partial charge in [-0.3, -0.25) is 0 Å². The van der Waals surface area contributed by atoms with Gasteiger partial charge in [0.2, 0.25) is 0 Å². The van der Waals surface area contributed by atoms with E-state index >= 15 is 0 Å². The van der Waals surface area contributed by atoms with Crippen LogP contribution in [0, 0.1) is 0 Å². The molecule has 12 rings (SSSR count). The van der Waals surface area contributed by atoms with E-state index in [1.54, 1.807) is 0 Å². The first-order valence-electron chi connectivity index (χ1n) is 21.8. The minimum absolute atomic E-state index is 0.143. The van der Waals surface area contributed by atoms with Gasteiger partial charge in [-0.25, -0.2) is 15.0 Å². The van der Waals surface area contributed by atoms with Crippen molar-refractivity contribution in [2.75, 3.05) is 0 Å². The van der Waals surface area contributed by atoms with Gasteiger partial charge in [0.25, 0.3) is 0 Å². The van der Waals surface area contributed by atoms with Crippen LogP contribution in [0.4, 0.5) is 0 Å². The first-order valence-corrected chi connectivity index (χ1v) is 21.8. The van der Waals surface area contributed by atoms with Crippen molar-refractivity contribution < 1.29 is 4.42 Å². The number of hydrogen-bond acceptors (Lipinski definition) is 4. The zero-order chi connectivity index (χ0) is 42.8. The predicted molar refractivity (Wildman–Crippen MR) is 263 cm³/mol. The van der Waals surface area contributed by atoms with Crippen LogP contribution < -0.4 is 0 Å². The summed E-state index contributed by atoms with van der Waals surface area (Å²) in [6.45, 7) is 4.60. The zero-order valence-electron chi connectivity index (χ0n) is 35.5. The molecule has 0 aliphatic heterocycles. The van der Waals surface area contributed by atoms with Crippen molar-refractivity contribution in [1.82, 2.24) is 15.0 Å². The van der Waals surface area contributed by atoms with E-state index in [9.17, 15) is 0 Å². The van der Waals surface area contributed by atoms with E-state index in [2.05, 4.69) is 208 Å². The van der Waals surface area contributed by atoms with Gasteiger partial charge in [-0.05, 0) is 115 Å². The summed E-state index contributed by atoms with van der Waals surface area (Å²) >= 11 is 0. The van der Waals surface area contributed by atoms with Crippen molar-refractivity contribution in [3.05, 3.63) is 223 Å². The fraction of sp³-hybridized carbons (Fsp3) is 0.0500. The van der Waals surface area contributed by atoms with Gasteiger partial charge >= 0.3 is 0 Å². The van der Waals surface area contributed by atoms with Gasteiger partial charge < -0.3 is 4.42 Å². The van der Waals surface area contributed by atoms with Crippen LogP contribution >= 0.6 is 0 Å². The molecular formula is C60H41N3O. The standard InChI is InChI=1S/C60H41N3O/c1-60(2)52-26-13-12-24-49(52)50-30-29-44(36-53(50)60)59-62-57(40-20-10-5-11-21-40)61-58(63-59)43-23-14-22-41(32-43)42-28-31-51-55(37-42)64-54-27-15-25-48(56(51)54)47-34-45(38-16-6-3-7-17-38)33-46(35-47)39-18-8-4-9-19-39/h3-37H,1-2H3. The molecule has 0 saturated heterocycles. The minimum Gasteiger partial charge on any atom is -0.456 e. The molecule has 302 valence electrons. The van der Waals surface area contributed by atoms with Crippen molar-refractivity contribution in [3.63, 3.8) is 0 Å². The molecule has 0 saturated carbocycles. The number of hydrogen-bond donors (Lipinski definition) is 0. The van der Waals surface area contributed by atoms with Gasteiger partial charge in [0.15, 0.2) is 17.5 Å². The third-order valence-corrected chi connectivity index (χ3v) is 12.9. The van der Waals surface area contributed by atoms with Crippen LogP contribution in [-0.4, -0.2) is 15.0 Å². The van der Waals surface area contributed by atoms with Gasteiger partial charge in [-0.15, -0.1) is 0 Å². The number of furan rings is 1. The summed E-state index contributed by atoms with van der Waals surface area (Å²) in [5.41, 5.74) is 18.6. The van der Waals surface area contributed by atoms with E-state index in [-0.39, 0.29) is 5.41 Å². The molecule has 0 radical (unpaired) electrons. The van der Waals surface area contributed by atoms with Gasteiger partial charge in [-0.2, -0.15) is 0 Å². The Morgan fingerprint density at radius 1 is 0.312 bits per heavy atom. The lowest BCUT2D eigenvalue weighted by Gasteiger charge is -2.21. The monoisotopic (exact) mass is 819 g/mol. The second kappa shape index (κ2) is 15.0. The highest BCUT2D eigenvalue weighted by Crippen LogP contribution is 2.49. The van der Waals surface area contributed by atoms with E-state index in [0.29, 0.717) is 17.5 Å². The fourth-order valence-corrected chi connectivity index (χ4v) is 9.66. The first kappa shape index (κ1) is 37.5. The van der Waals surface area contributed by atoms with Crippen molar-refractivity contribution in [3.8, 4) is 89.8 Å². The van der Waals surface area contributed by atoms with Gasteiger partial charge in [-0.1, -0.05) is 178 Å². The molecule has 0 N–H and O–H groups in total. The van der Waals surface area contributed by atoms with Crippen LogP contribution in [-0.2, 0) is 5.41 Å². The maximum atomic E-state index is 6.68. The quantitative estimate of drug-likeness (QED) is 0.161. The lowest BCUT2D eigenvalue weighted by molar-refractivity contribution is 0.660. The third-order valence-electron chi connectivity index (χ3n) is 12.9. The second-order valence-electron chi connectivity index (χ2n) is 17.2. The molecular weight excluding hydrogens is 779 g/mol. The Morgan fingerprint density at radius 2 is 0.797 bits per heavy atom. The van der Waals surface area contributed by atoms with E-state index in [4.69, 9.17) is 19.4 Å². The van der Waals surface area contributed by atoms with E-state index in [1.165, 1.54) is 44.5 Å². The molecule has 64 heavy (non-hydrogen) atoms. The van der Waals surface area contributed by atoms with Crippen molar-refractivity contribution in [2.45, 2.75) is 19.3 Å². The molecule has 0 bridgehead atoms. The lowest BCUT2D eigenvalue weighted by Crippen LogP contribution is -2.15. The number of fused-ring (bicyclic) bond motifs is 6. The fourth-order valence-electron chi connectivity index (χ4n) is 9.66. The number of nitrogens with zero attached hydrogens (tertiary/aromatic N) is 3. The topological polar surface area (TPSA) is 51.8 Å². The summed E-state index contributed by atoms with van der Waals surface area (Å²) in [7, 11) is 0. The summed E-state index contributed by atoms with van der Waals surface area (Å²) in [5, 5.41) is 2.18. The Balaban J connectivity index is 0.944. The molecule has 2 aromatic heterocycles. The summed E-state index contributed by atoms with van der Waals surface area (Å²) < 4.78 is 6.68. The average molecular weight is 820 g/mol. The highest BCUT2D eigenvalue weighted by molar-refractivity contribution is 6.13. The van der Waals surface area contributed by atoms with Crippen LogP contribution in [0.15, 0.2) is 217 Å². The van der Waals surface area contributed by atoms with E-state index < -0.39 is 0 Å². The smallest absolute Gasteiger partial charge is 0.164 e.